The van der Waals surface area contributed by atoms with E-state index in [0.29, 0.717) is 0 Å². The van der Waals surface area contributed by atoms with Crippen LogP contribution in [-0.2, 0) is 0 Å². The van der Waals surface area contributed by atoms with Gasteiger partial charge in [0.25, 0.3) is 0 Å². The third-order valence-corrected chi connectivity index (χ3v) is 4.74. The second-order valence-corrected chi connectivity index (χ2v) is 5.28. The molecule has 0 spiro atoms. The van der Waals surface area contributed by atoms with E-state index in [2.05, 4.69) is 27.7 Å². The third kappa shape index (κ3) is 1.03. The first kappa shape index (κ1) is 8.59. The van der Waals surface area contributed by atoms with Crippen molar-refractivity contribution in [1.82, 2.24) is 0 Å². The summed E-state index contributed by atoms with van der Waals surface area (Å²) in [5.74, 6) is 6.39. The molecule has 2 aliphatic rings. The highest BCUT2D eigenvalue weighted by Gasteiger charge is 2.59. The van der Waals surface area contributed by atoms with Crippen molar-refractivity contribution in [2.24, 2.45) is 35.5 Å². The molecule has 0 aromatic carbocycles. The maximum absolute atomic E-state index is 2.47. The Hall–Kier alpha value is 0. The van der Waals surface area contributed by atoms with Gasteiger partial charge < -0.3 is 0 Å². The SMILES string of the molecule is CCC(C)C1C2CC(C)C(C)C21. The second kappa shape index (κ2) is 2.75. The van der Waals surface area contributed by atoms with Crippen molar-refractivity contribution < 1.29 is 0 Å². The molecule has 0 heteroatoms. The van der Waals surface area contributed by atoms with Gasteiger partial charge in [0.1, 0.15) is 0 Å². The van der Waals surface area contributed by atoms with Crippen molar-refractivity contribution >= 4 is 0 Å². The summed E-state index contributed by atoms with van der Waals surface area (Å²) in [5, 5.41) is 0. The summed E-state index contributed by atoms with van der Waals surface area (Å²) in [6, 6.07) is 0. The van der Waals surface area contributed by atoms with Gasteiger partial charge >= 0.3 is 0 Å². The molecule has 0 aliphatic heterocycles. The van der Waals surface area contributed by atoms with E-state index in [9.17, 15) is 0 Å². The van der Waals surface area contributed by atoms with E-state index < -0.39 is 0 Å². The van der Waals surface area contributed by atoms with Crippen LogP contribution in [0.5, 0.6) is 0 Å². The van der Waals surface area contributed by atoms with E-state index in [1.54, 1.807) is 0 Å². The lowest BCUT2D eigenvalue weighted by Crippen LogP contribution is -2.11. The highest BCUT2D eigenvalue weighted by Crippen LogP contribution is 2.65. The summed E-state index contributed by atoms with van der Waals surface area (Å²) in [6.07, 6.45) is 2.92. The van der Waals surface area contributed by atoms with Gasteiger partial charge in [0, 0.05) is 0 Å². The summed E-state index contributed by atoms with van der Waals surface area (Å²) in [6.45, 7) is 9.69. The van der Waals surface area contributed by atoms with Crippen LogP contribution in [0.15, 0.2) is 0 Å². The van der Waals surface area contributed by atoms with Gasteiger partial charge in [0.15, 0.2) is 0 Å². The maximum atomic E-state index is 2.47. The molecular formula is C12H22. The molecule has 2 fully saturated rings. The normalized spacial score (nSPS) is 53.5. The lowest BCUT2D eigenvalue weighted by Gasteiger charge is -2.18. The number of hydrogen-bond donors (Lipinski definition) is 0. The standard InChI is InChI=1S/C12H22/c1-5-7(2)11-10-6-8(3)9(4)12(10)11/h7-12H,5-6H2,1-4H3. The Morgan fingerprint density at radius 2 is 2.00 bits per heavy atom. The minimum atomic E-state index is 0.995. The topological polar surface area (TPSA) is 0 Å². The average molecular weight is 166 g/mol. The highest BCUT2D eigenvalue weighted by atomic mass is 14.6. The third-order valence-electron chi connectivity index (χ3n) is 4.74. The van der Waals surface area contributed by atoms with Crippen LogP contribution in [0.3, 0.4) is 0 Å². The van der Waals surface area contributed by atoms with Crippen LogP contribution in [0, 0.1) is 35.5 Å². The first-order valence-corrected chi connectivity index (χ1v) is 5.66. The van der Waals surface area contributed by atoms with Gasteiger partial charge in [-0.25, -0.2) is 0 Å². The smallest absolute Gasteiger partial charge is 0.0321 e. The molecule has 0 saturated heterocycles. The molecule has 0 bridgehead atoms. The summed E-state index contributed by atoms with van der Waals surface area (Å²) < 4.78 is 0. The van der Waals surface area contributed by atoms with E-state index >= 15 is 0 Å². The Labute approximate surface area is 76.7 Å². The zero-order valence-corrected chi connectivity index (χ0v) is 8.88. The Morgan fingerprint density at radius 1 is 1.33 bits per heavy atom. The summed E-state index contributed by atoms with van der Waals surface area (Å²) in [4.78, 5) is 0. The monoisotopic (exact) mass is 166 g/mol. The molecule has 0 aromatic heterocycles. The van der Waals surface area contributed by atoms with Crippen LogP contribution in [-0.4, -0.2) is 0 Å². The largest absolute Gasteiger partial charge is 0.0651 e. The van der Waals surface area contributed by atoms with Gasteiger partial charge in [-0.2, -0.15) is 0 Å². The number of rotatable bonds is 2. The van der Waals surface area contributed by atoms with E-state index in [-0.39, 0.29) is 0 Å². The fraction of sp³-hybridized carbons (Fsp3) is 1.00. The molecule has 0 amide bonds. The number of hydrogen-bond acceptors (Lipinski definition) is 0. The van der Waals surface area contributed by atoms with Crippen LogP contribution in [0.2, 0.25) is 0 Å². The molecule has 0 radical (unpaired) electrons. The zero-order valence-electron chi connectivity index (χ0n) is 8.88. The first-order valence-electron chi connectivity index (χ1n) is 5.66. The lowest BCUT2D eigenvalue weighted by atomic mass is 9.87. The zero-order chi connectivity index (χ0) is 8.88. The molecule has 2 saturated carbocycles. The quantitative estimate of drug-likeness (QED) is 0.588. The Morgan fingerprint density at radius 3 is 2.42 bits per heavy atom. The lowest BCUT2D eigenvalue weighted by molar-refractivity contribution is 0.307. The molecule has 0 nitrogen and oxygen atoms in total. The minimum absolute atomic E-state index is 0.995. The second-order valence-electron chi connectivity index (χ2n) is 5.28. The Balaban J connectivity index is 1.95. The molecule has 0 aromatic rings. The van der Waals surface area contributed by atoms with Crippen molar-refractivity contribution in [1.29, 1.82) is 0 Å². The van der Waals surface area contributed by atoms with Gasteiger partial charge in [0.2, 0.25) is 0 Å². The minimum Gasteiger partial charge on any atom is -0.0651 e. The van der Waals surface area contributed by atoms with Crippen LogP contribution in [0.1, 0.15) is 40.5 Å². The molecule has 6 atom stereocenters. The molecule has 70 valence electrons. The van der Waals surface area contributed by atoms with Crippen LogP contribution < -0.4 is 0 Å². The Kier molecular flexibility index (Phi) is 1.97. The van der Waals surface area contributed by atoms with Crippen molar-refractivity contribution in [3.8, 4) is 0 Å². The van der Waals surface area contributed by atoms with Crippen LogP contribution in [0.25, 0.3) is 0 Å². The molecule has 2 rings (SSSR count). The average Bonchev–Trinajstić information content (AvgIpc) is 2.68. The molecular weight excluding hydrogens is 144 g/mol. The first-order chi connectivity index (χ1) is 5.66. The van der Waals surface area contributed by atoms with Crippen molar-refractivity contribution in [2.45, 2.75) is 40.5 Å². The van der Waals surface area contributed by atoms with E-state index in [4.69, 9.17) is 0 Å². The van der Waals surface area contributed by atoms with Gasteiger partial charge in [0.05, 0.1) is 0 Å². The van der Waals surface area contributed by atoms with Gasteiger partial charge in [-0.3, -0.25) is 0 Å². The summed E-state index contributed by atoms with van der Waals surface area (Å²) in [5.41, 5.74) is 0. The summed E-state index contributed by atoms with van der Waals surface area (Å²) in [7, 11) is 0. The highest BCUT2D eigenvalue weighted by molar-refractivity contribution is 5.07. The van der Waals surface area contributed by atoms with E-state index in [1.807, 2.05) is 0 Å². The van der Waals surface area contributed by atoms with Crippen molar-refractivity contribution in [3.63, 3.8) is 0 Å². The molecule has 6 unspecified atom stereocenters. The van der Waals surface area contributed by atoms with Crippen molar-refractivity contribution in [3.05, 3.63) is 0 Å². The Bertz CT molecular complexity index is 169. The fourth-order valence-corrected chi connectivity index (χ4v) is 3.58. The van der Waals surface area contributed by atoms with Crippen LogP contribution >= 0.6 is 0 Å². The maximum Gasteiger partial charge on any atom is -0.0321 e. The molecule has 0 heterocycles. The summed E-state index contributed by atoms with van der Waals surface area (Å²) >= 11 is 0. The van der Waals surface area contributed by atoms with Gasteiger partial charge in [-0.15, -0.1) is 0 Å². The number of fused-ring (bicyclic) bond motifs is 1. The predicted octanol–water partition coefficient (Wildman–Crippen LogP) is 3.57. The van der Waals surface area contributed by atoms with Crippen LogP contribution in [0.4, 0.5) is 0 Å². The van der Waals surface area contributed by atoms with Gasteiger partial charge in [-0.1, -0.05) is 34.1 Å². The fourth-order valence-electron chi connectivity index (χ4n) is 3.58. The van der Waals surface area contributed by atoms with E-state index in [1.165, 1.54) is 12.8 Å². The molecule has 0 N–H and O–H groups in total. The molecule has 12 heavy (non-hydrogen) atoms. The molecule has 2 aliphatic carbocycles. The van der Waals surface area contributed by atoms with Gasteiger partial charge in [-0.05, 0) is 41.9 Å². The predicted molar refractivity (Wildman–Crippen MR) is 52.9 cm³/mol. The van der Waals surface area contributed by atoms with Crippen molar-refractivity contribution in [2.75, 3.05) is 0 Å². The van der Waals surface area contributed by atoms with E-state index in [0.717, 1.165) is 35.5 Å².